The molecule has 146 valence electrons. The standard InChI is InChI=1S/C20H22N4O3S/c1-24(11-9-17(25)21-10-5-8-18(26)27)19-15-12-16(14-6-3-2-4-7-14)28-20(15)23-13-22-19/h2-4,6-7,12-13H,5,8-11H2,1H3,(H,21,25)(H,26,27). The largest absolute Gasteiger partial charge is 0.481 e. The number of thiophene rings is 1. The van der Waals surface area contributed by atoms with Crippen LogP contribution in [-0.2, 0) is 9.59 Å². The molecule has 0 radical (unpaired) electrons. The molecule has 1 amide bonds. The highest BCUT2D eigenvalue weighted by atomic mass is 32.1. The number of benzene rings is 1. The maximum atomic E-state index is 12.0. The van der Waals surface area contributed by atoms with Crippen LogP contribution in [0.3, 0.4) is 0 Å². The molecule has 0 saturated carbocycles. The van der Waals surface area contributed by atoms with Crippen LogP contribution in [0.25, 0.3) is 20.7 Å². The molecule has 2 N–H and O–H groups in total. The molecule has 1 aromatic carbocycles. The Balaban J connectivity index is 1.63. The summed E-state index contributed by atoms with van der Waals surface area (Å²) in [6.07, 6.45) is 2.35. The Hall–Kier alpha value is -3.00. The predicted molar refractivity (Wildman–Crippen MR) is 111 cm³/mol. The normalized spacial score (nSPS) is 10.8. The van der Waals surface area contributed by atoms with Crippen LogP contribution in [-0.4, -0.2) is 47.1 Å². The Labute approximate surface area is 167 Å². The fourth-order valence-electron chi connectivity index (χ4n) is 2.82. The topological polar surface area (TPSA) is 95.4 Å². The lowest BCUT2D eigenvalue weighted by Crippen LogP contribution is -2.30. The van der Waals surface area contributed by atoms with Crippen molar-refractivity contribution in [2.24, 2.45) is 0 Å². The van der Waals surface area contributed by atoms with Gasteiger partial charge in [0, 0.05) is 37.9 Å². The number of rotatable bonds is 9. The summed E-state index contributed by atoms with van der Waals surface area (Å²) in [5, 5.41) is 12.3. The molecular weight excluding hydrogens is 376 g/mol. The number of carbonyl (C=O) groups is 2. The summed E-state index contributed by atoms with van der Waals surface area (Å²) >= 11 is 1.62. The van der Waals surface area contributed by atoms with E-state index in [2.05, 4.69) is 33.5 Å². The molecule has 3 rings (SSSR count). The molecule has 8 heteroatoms. The lowest BCUT2D eigenvalue weighted by Gasteiger charge is -2.18. The molecule has 0 fully saturated rings. The molecule has 3 aromatic rings. The van der Waals surface area contributed by atoms with Gasteiger partial charge in [-0.1, -0.05) is 30.3 Å². The van der Waals surface area contributed by atoms with E-state index in [0.717, 1.165) is 26.5 Å². The number of nitrogens with one attached hydrogen (secondary N) is 1. The van der Waals surface area contributed by atoms with Crippen molar-refractivity contribution in [2.45, 2.75) is 19.3 Å². The van der Waals surface area contributed by atoms with Crippen LogP contribution >= 0.6 is 11.3 Å². The molecule has 7 nitrogen and oxygen atoms in total. The molecule has 0 spiro atoms. The third kappa shape index (κ3) is 5.04. The van der Waals surface area contributed by atoms with Crippen molar-refractivity contribution in [3.05, 3.63) is 42.7 Å². The molecule has 28 heavy (non-hydrogen) atoms. The Morgan fingerprint density at radius 1 is 1.18 bits per heavy atom. The summed E-state index contributed by atoms with van der Waals surface area (Å²) in [5.74, 6) is -0.160. The lowest BCUT2D eigenvalue weighted by molar-refractivity contribution is -0.137. The van der Waals surface area contributed by atoms with Gasteiger partial charge in [0.15, 0.2) is 0 Å². The molecule has 2 heterocycles. The Kier molecular flexibility index (Phi) is 6.54. The van der Waals surface area contributed by atoms with Crippen LogP contribution in [0, 0.1) is 0 Å². The monoisotopic (exact) mass is 398 g/mol. The molecule has 0 aliphatic rings. The van der Waals surface area contributed by atoms with E-state index in [1.807, 2.05) is 30.1 Å². The molecule has 0 aliphatic carbocycles. The van der Waals surface area contributed by atoms with E-state index in [0.29, 0.717) is 25.9 Å². The highest BCUT2D eigenvalue weighted by Crippen LogP contribution is 2.35. The van der Waals surface area contributed by atoms with Crippen molar-refractivity contribution in [3.8, 4) is 10.4 Å². The third-order valence-electron chi connectivity index (χ3n) is 4.29. The van der Waals surface area contributed by atoms with Gasteiger partial charge in [-0.2, -0.15) is 0 Å². The fraction of sp³-hybridized carbons (Fsp3) is 0.300. The van der Waals surface area contributed by atoms with E-state index < -0.39 is 5.97 Å². The second-order valence-electron chi connectivity index (χ2n) is 6.41. The van der Waals surface area contributed by atoms with Gasteiger partial charge in [-0.3, -0.25) is 9.59 Å². The molecule has 0 unspecified atom stereocenters. The number of carboxylic acid groups (broad SMARTS) is 1. The number of aromatic nitrogens is 2. The third-order valence-corrected chi connectivity index (χ3v) is 5.38. The summed E-state index contributed by atoms with van der Waals surface area (Å²) in [6, 6.07) is 12.2. The quantitative estimate of drug-likeness (QED) is 0.538. The number of aliphatic carboxylic acids is 1. The van der Waals surface area contributed by atoms with Crippen LogP contribution < -0.4 is 10.2 Å². The highest BCUT2D eigenvalue weighted by Gasteiger charge is 2.14. The average Bonchev–Trinajstić information content (AvgIpc) is 3.14. The molecule has 0 atom stereocenters. The van der Waals surface area contributed by atoms with Crippen molar-refractivity contribution in [3.63, 3.8) is 0 Å². The van der Waals surface area contributed by atoms with E-state index in [4.69, 9.17) is 5.11 Å². The zero-order chi connectivity index (χ0) is 19.9. The molecule has 2 aromatic heterocycles. The second-order valence-corrected chi connectivity index (χ2v) is 7.44. The van der Waals surface area contributed by atoms with Crippen molar-refractivity contribution in [2.75, 3.05) is 25.0 Å². The van der Waals surface area contributed by atoms with Gasteiger partial charge in [0.05, 0.1) is 5.39 Å². The fourth-order valence-corrected chi connectivity index (χ4v) is 3.82. The van der Waals surface area contributed by atoms with Gasteiger partial charge in [-0.25, -0.2) is 9.97 Å². The number of amides is 1. The summed E-state index contributed by atoms with van der Waals surface area (Å²) in [6.45, 7) is 0.880. The maximum absolute atomic E-state index is 12.0. The minimum absolute atomic E-state index is 0.0566. The van der Waals surface area contributed by atoms with E-state index in [1.165, 1.54) is 0 Å². The van der Waals surface area contributed by atoms with Gasteiger partial charge in [0.25, 0.3) is 0 Å². The van der Waals surface area contributed by atoms with Crippen LogP contribution in [0.4, 0.5) is 5.82 Å². The van der Waals surface area contributed by atoms with E-state index in [1.54, 1.807) is 17.7 Å². The predicted octanol–water partition coefficient (Wildman–Crippen LogP) is 3.17. The van der Waals surface area contributed by atoms with Gasteiger partial charge in [0.1, 0.15) is 17.0 Å². The zero-order valence-corrected chi connectivity index (χ0v) is 16.4. The lowest BCUT2D eigenvalue weighted by atomic mass is 10.2. The first-order chi connectivity index (χ1) is 13.5. The smallest absolute Gasteiger partial charge is 0.303 e. The summed E-state index contributed by atoms with van der Waals surface area (Å²) in [7, 11) is 1.90. The zero-order valence-electron chi connectivity index (χ0n) is 15.6. The number of hydrogen-bond donors (Lipinski definition) is 2. The number of carbonyl (C=O) groups excluding carboxylic acids is 1. The van der Waals surface area contributed by atoms with Gasteiger partial charge < -0.3 is 15.3 Å². The first-order valence-corrected chi connectivity index (χ1v) is 9.86. The Morgan fingerprint density at radius 2 is 1.96 bits per heavy atom. The van der Waals surface area contributed by atoms with Crippen LogP contribution in [0.15, 0.2) is 42.7 Å². The summed E-state index contributed by atoms with van der Waals surface area (Å²) in [4.78, 5) is 35.2. The van der Waals surface area contributed by atoms with Crippen molar-refractivity contribution >= 4 is 39.2 Å². The van der Waals surface area contributed by atoms with E-state index >= 15 is 0 Å². The minimum Gasteiger partial charge on any atom is -0.481 e. The minimum atomic E-state index is -0.854. The van der Waals surface area contributed by atoms with Crippen LogP contribution in [0.2, 0.25) is 0 Å². The van der Waals surface area contributed by atoms with Gasteiger partial charge in [-0.05, 0) is 18.1 Å². The first kappa shape index (κ1) is 19.8. The van der Waals surface area contributed by atoms with E-state index in [-0.39, 0.29) is 12.3 Å². The number of anilines is 1. The molecule has 0 aliphatic heterocycles. The van der Waals surface area contributed by atoms with Crippen molar-refractivity contribution in [1.82, 2.24) is 15.3 Å². The average molecular weight is 398 g/mol. The van der Waals surface area contributed by atoms with Crippen LogP contribution in [0.5, 0.6) is 0 Å². The second kappa shape index (κ2) is 9.27. The van der Waals surface area contributed by atoms with Gasteiger partial charge >= 0.3 is 5.97 Å². The summed E-state index contributed by atoms with van der Waals surface area (Å²) in [5.41, 5.74) is 1.14. The maximum Gasteiger partial charge on any atom is 0.303 e. The number of hydrogen-bond acceptors (Lipinski definition) is 6. The summed E-state index contributed by atoms with van der Waals surface area (Å²) < 4.78 is 0. The highest BCUT2D eigenvalue weighted by molar-refractivity contribution is 7.21. The van der Waals surface area contributed by atoms with Gasteiger partial charge in [-0.15, -0.1) is 11.3 Å². The van der Waals surface area contributed by atoms with Crippen molar-refractivity contribution in [1.29, 1.82) is 0 Å². The SMILES string of the molecule is CN(CCC(=O)NCCCC(=O)O)c1ncnc2sc(-c3ccccc3)cc12. The number of fused-ring (bicyclic) bond motifs is 1. The van der Waals surface area contributed by atoms with E-state index in [9.17, 15) is 9.59 Å². The first-order valence-electron chi connectivity index (χ1n) is 9.04. The Bertz CT molecular complexity index is 958. The Morgan fingerprint density at radius 3 is 2.71 bits per heavy atom. The van der Waals surface area contributed by atoms with Gasteiger partial charge in [0.2, 0.25) is 5.91 Å². The number of carboxylic acids is 1. The molecule has 0 saturated heterocycles. The molecule has 0 bridgehead atoms. The number of nitrogens with zero attached hydrogens (tertiary/aromatic N) is 3. The van der Waals surface area contributed by atoms with Crippen molar-refractivity contribution < 1.29 is 14.7 Å². The molecular formula is C20H22N4O3S. The van der Waals surface area contributed by atoms with Crippen LogP contribution in [0.1, 0.15) is 19.3 Å².